The van der Waals surface area contributed by atoms with Crippen LogP contribution in [0.4, 0.5) is 4.79 Å². The van der Waals surface area contributed by atoms with Crippen molar-refractivity contribution in [3.8, 4) is 17.3 Å². The fraction of sp³-hybridized carbons (Fsp3) is 0.379. The Morgan fingerprint density at radius 1 is 1.03 bits per heavy atom. The Bertz CT molecular complexity index is 1360. The standard InChI is InChI=1S/C29H31N5O3/c1-18-4-7-23(28(35)34-16-24(17-34)21-8-5-20(15-30)6-9-21)14-25(18)26-19(2)31-27(32-26)22-10-12-33(13-11-22)29(36)37-3/h4-9,14,22,24H,10-13,16-17H2,1-3H3,(H,31,32). The molecule has 2 saturated heterocycles. The first-order valence-electron chi connectivity index (χ1n) is 12.7. The zero-order valence-electron chi connectivity index (χ0n) is 21.5. The van der Waals surface area contributed by atoms with Gasteiger partial charge in [0.05, 0.1) is 30.1 Å². The van der Waals surface area contributed by atoms with Crippen LogP contribution in [-0.2, 0) is 4.74 Å². The highest BCUT2D eigenvalue weighted by atomic mass is 16.5. The lowest BCUT2D eigenvalue weighted by molar-refractivity contribution is 0.0602. The molecule has 0 atom stereocenters. The molecule has 0 radical (unpaired) electrons. The number of aromatic nitrogens is 2. The molecule has 5 rings (SSSR count). The van der Waals surface area contributed by atoms with Crippen molar-refractivity contribution in [3.63, 3.8) is 0 Å². The zero-order valence-corrected chi connectivity index (χ0v) is 21.5. The molecule has 1 N–H and O–H groups in total. The summed E-state index contributed by atoms with van der Waals surface area (Å²) in [6.07, 6.45) is 1.38. The number of likely N-dealkylation sites (tertiary alicyclic amines) is 2. The molecule has 0 bridgehead atoms. The molecule has 0 saturated carbocycles. The van der Waals surface area contributed by atoms with Crippen LogP contribution < -0.4 is 0 Å². The van der Waals surface area contributed by atoms with Crippen molar-refractivity contribution < 1.29 is 14.3 Å². The largest absolute Gasteiger partial charge is 0.453 e. The van der Waals surface area contributed by atoms with Crippen molar-refractivity contribution >= 4 is 12.0 Å². The Hall–Kier alpha value is -4.12. The quantitative estimate of drug-likeness (QED) is 0.560. The normalized spacial score (nSPS) is 16.3. The van der Waals surface area contributed by atoms with Crippen LogP contribution in [-0.4, -0.2) is 65.1 Å². The monoisotopic (exact) mass is 497 g/mol. The predicted molar refractivity (Wildman–Crippen MR) is 139 cm³/mol. The van der Waals surface area contributed by atoms with Gasteiger partial charge in [-0.3, -0.25) is 4.79 Å². The molecule has 8 heteroatoms. The zero-order chi connectivity index (χ0) is 26.1. The number of aryl methyl sites for hydroxylation is 2. The number of imidazole rings is 1. The molecule has 0 unspecified atom stereocenters. The van der Waals surface area contributed by atoms with Gasteiger partial charge in [-0.15, -0.1) is 0 Å². The van der Waals surface area contributed by atoms with E-state index in [1.807, 2.05) is 61.2 Å². The number of nitrogens with zero attached hydrogens (tertiary/aromatic N) is 4. The van der Waals surface area contributed by atoms with Crippen LogP contribution in [0.15, 0.2) is 42.5 Å². The Labute approximate surface area is 216 Å². The number of hydrogen-bond acceptors (Lipinski definition) is 5. The van der Waals surface area contributed by atoms with Gasteiger partial charge in [-0.1, -0.05) is 18.2 Å². The highest BCUT2D eigenvalue weighted by Crippen LogP contribution is 2.33. The molecule has 2 aliphatic heterocycles. The van der Waals surface area contributed by atoms with Gasteiger partial charge >= 0.3 is 6.09 Å². The van der Waals surface area contributed by atoms with E-state index in [1.165, 1.54) is 7.11 Å². The van der Waals surface area contributed by atoms with Crippen molar-refractivity contribution in [1.29, 1.82) is 5.26 Å². The average molecular weight is 498 g/mol. The van der Waals surface area contributed by atoms with Gasteiger partial charge in [0.1, 0.15) is 5.82 Å². The van der Waals surface area contributed by atoms with E-state index in [4.69, 9.17) is 15.0 Å². The van der Waals surface area contributed by atoms with E-state index in [1.54, 1.807) is 4.90 Å². The maximum Gasteiger partial charge on any atom is 0.409 e. The Morgan fingerprint density at radius 3 is 2.38 bits per heavy atom. The molecule has 2 amide bonds. The second-order valence-corrected chi connectivity index (χ2v) is 9.98. The minimum Gasteiger partial charge on any atom is -0.453 e. The number of hydrogen-bond donors (Lipinski definition) is 1. The van der Waals surface area contributed by atoms with E-state index >= 15 is 0 Å². The number of amides is 2. The van der Waals surface area contributed by atoms with Crippen LogP contribution in [0.25, 0.3) is 11.3 Å². The fourth-order valence-corrected chi connectivity index (χ4v) is 5.30. The summed E-state index contributed by atoms with van der Waals surface area (Å²) in [6, 6.07) is 15.6. The summed E-state index contributed by atoms with van der Waals surface area (Å²) in [6.45, 7) is 6.67. The van der Waals surface area contributed by atoms with Gasteiger partial charge in [0, 0.05) is 49.1 Å². The van der Waals surface area contributed by atoms with E-state index in [0.29, 0.717) is 43.2 Å². The number of aromatic amines is 1. The molecule has 0 aliphatic carbocycles. The lowest BCUT2D eigenvalue weighted by atomic mass is 9.90. The Morgan fingerprint density at radius 2 is 1.73 bits per heavy atom. The van der Waals surface area contributed by atoms with Gasteiger partial charge in [-0.2, -0.15) is 5.26 Å². The number of methoxy groups -OCH3 is 1. The lowest BCUT2D eigenvalue weighted by Gasteiger charge is -2.39. The SMILES string of the molecule is COC(=O)N1CCC(c2nc(C)c(-c3cc(C(=O)N4CC(c5ccc(C#N)cc5)C4)ccc3C)[nH]2)CC1. The van der Waals surface area contributed by atoms with Crippen LogP contribution in [0.2, 0.25) is 0 Å². The average Bonchev–Trinajstić information content (AvgIpc) is 3.29. The van der Waals surface area contributed by atoms with Gasteiger partial charge in [0.15, 0.2) is 0 Å². The van der Waals surface area contributed by atoms with E-state index in [-0.39, 0.29) is 17.9 Å². The second-order valence-electron chi connectivity index (χ2n) is 9.98. The van der Waals surface area contributed by atoms with Gasteiger partial charge in [-0.05, 0) is 62.1 Å². The number of nitrogens with one attached hydrogen (secondary N) is 1. The molecule has 8 nitrogen and oxygen atoms in total. The first-order chi connectivity index (χ1) is 17.9. The van der Waals surface area contributed by atoms with Crippen molar-refractivity contribution in [1.82, 2.24) is 19.8 Å². The maximum absolute atomic E-state index is 13.3. The van der Waals surface area contributed by atoms with Gasteiger partial charge in [-0.25, -0.2) is 9.78 Å². The summed E-state index contributed by atoms with van der Waals surface area (Å²) >= 11 is 0. The van der Waals surface area contributed by atoms with Gasteiger partial charge in [0.2, 0.25) is 0 Å². The van der Waals surface area contributed by atoms with Crippen molar-refractivity contribution in [2.75, 3.05) is 33.3 Å². The summed E-state index contributed by atoms with van der Waals surface area (Å²) in [5, 5.41) is 9.00. The number of nitriles is 1. The van der Waals surface area contributed by atoms with Crippen LogP contribution in [0.5, 0.6) is 0 Å². The summed E-state index contributed by atoms with van der Waals surface area (Å²) in [4.78, 5) is 37.0. The van der Waals surface area contributed by atoms with Crippen molar-refractivity contribution in [3.05, 3.63) is 76.2 Å². The minimum absolute atomic E-state index is 0.0266. The molecular weight excluding hydrogens is 466 g/mol. The first kappa shape index (κ1) is 24.6. The third-order valence-corrected chi connectivity index (χ3v) is 7.65. The molecule has 3 aromatic rings. The highest BCUT2D eigenvalue weighted by molar-refractivity contribution is 5.96. The van der Waals surface area contributed by atoms with E-state index < -0.39 is 0 Å². The van der Waals surface area contributed by atoms with Crippen LogP contribution in [0, 0.1) is 25.2 Å². The highest BCUT2D eigenvalue weighted by Gasteiger charge is 2.33. The number of H-pyrrole nitrogens is 1. The number of rotatable bonds is 4. The molecule has 0 spiro atoms. The fourth-order valence-electron chi connectivity index (χ4n) is 5.30. The molecule has 190 valence electrons. The summed E-state index contributed by atoms with van der Waals surface area (Å²) in [7, 11) is 1.41. The van der Waals surface area contributed by atoms with Gasteiger partial charge in [0.25, 0.3) is 5.91 Å². The number of carbonyl (C=O) groups is 2. The number of carbonyl (C=O) groups excluding carboxylic acids is 2. The summed E-state index contributed by atoms with van der Waals surface area (Å²) in [5.74, 6) is 1.50. The molecular formula is C29H31N5O3. The molecule has 2 aromatic carbocycles. The number of ether oxygens (including phenoxy) is 1. The van der Waals surface area contributed by atoms with E-state index in [0.717, 1.165) is 46.7 Å². The van der Waals surface area contributed by atoms with E-state index in [9.17, 15) is 9.59 Å². The van der Waals surface area contributed by atoms with Crippen LogP contribution >= 0.6 is 0 Å². The molecule has 2 aliphatic rings. The Kier molecular flexibility index (Phi) is 6.70. The smallest absolute Gasteiger partial charge is 0.409 e. The third kappa shape index (κ3) is 4.82. The molecule has 3 heterocycles. The van der Waals surface area contributed by atoms with Crippen molar-refractivity contribution in [2.24, 2.45) is 0 Å². The lowest BCUT2D eigenvalue weighted by Crippen LogP contribution is -2.48. The van der Waals surface area contributed by atoms with Crippen LogP contribution in [0.1, 0.15) is 63.2 Å². The predicted octanol–water partition coefficient (Wildman–Crippen LogP) is 4.75. The molecule has 37 heavy (non-hydrogen) atoms. The Balaban J connectivity index is 1.28. The third-order valence-electron chi connectivity index (χ3n) is 7.65. The summed E-state index contributed by atoms with van der Waals surface area (Å²) < 4.78 is 4.84. The number of benzene rings is 2. The minimum atomic E-state index is -0.280. The topological polar surface area (TPSA) is 102 Å². The van der Waals surface area contributed by atoms with Crippen LogP contribution in [0.3, 0.4) is 0 Å². The number of piperidine rings is 1. The maximum atomic E-state index is 13.3. The van der Waals surface area contributed by atoms with E-state index in [2.05, 4.69) is 11.1 Å². The summed E-state index contributed by atoms with van der Waals surface area (Å²) in [5.41, 5.74) is 6.38. The first-order valence-corrected chi connectivity index (χ1v) is 12.7. The molecule has 1 aromatic heterocycles. The molecule has 2 fully saturated rings. The van der Waals surface area contributed by atoms with Crippen molar-refractivity contribution in [2.45, 2.75) is 38.5 Å². The second kappa shape index (κ2) is 10.1. The van der Waals surface area contributed by atoms with Gasteiger partial charge < -0.3 is 19.5 Å².